The first kappa shape index (κ1) is 14.3. The van der Waals surface area contributed by atoms with Crippen LogP contribution in [-0.4, -0.2) is 18.2 Å². The Morgan fingerprint density at radius 3 is 2.79 bits per heavy atom. The van der Waals surface area contributed by atoms with Gasteiger partial charge in [-0.15, -0.1) is 0 Å². The fraction of sp³-hybridized carbons (Fsp3) is 0.625. The summed E-state index contributed by atoms with van der Waals surface area (Å²) >= 11 is 0. The van der Waals surface area contributed by atoms with Gasteiger partial charge in [-0.2, -0.15) is 0 Å². The Morgan fingerprint density at radius 2 is 2.11 bits per heavy atom. The van der Waals surface area contributed by atoms with Gasteiger partial charge in [-0.25, -0.2) is 4.39 Å². The molecule has 1 aromatic rings. The lowest BCUT2D eigenvalue weighted by atomic mass is 9.89. The Hall–Kier alpha value is -1.09. The van der Waals surface area contributed by atoms with E-state index in [-0.39, 0.29) is 12.4 Å². The number of anilines is 1. The number of benzene rings is 1. The second kappa shape index (κ2) is 6.38. The summed E-state index contributed by atoms with van der Waals surface area (Å²) in [6.07, 6.45) is 3.43. The minimum atomic E-state index is -0.213. The maximum atomic E-state index is 14.1. The number of aliphatic hydroxyl groups excluding tert-OH is 1. The molecule has 19 heavy (non-hydrogen) atoms. The van der Waals surface area contributed by atoms with Gasteiger partial charge in [0.15, 0.2) is 0 Å². The molecule has 2 nitrogen and oxygen atoms in total. The maximum Gasteiger partial charge on any atom is 0.146 e. The highest BCUT2D eigenvalue weighted by Crippen LogP contribution is 2.30. The SMILES string of the molecule is CC(C)C1CCCN(c2c(F)cccc2CO)CC1. The Balaban J connectivity index is 2.18. The number of nitrogens with zero attached hydrogens (tertiary/aromatic N) is 1. The topological polar surface area (TPSA) is 23.5 Å². The van der Waals surface area contributed by atoms with Crippen LogP contribution in [0.2, 0.25) is 0 Å². The first-order chi connectivity index (χ1) is 9.13. The molecule has 0 radical (unpaired) electrons. The molecule has 1 heterocycles. The summed E-state index contributed by atoms with van der Waals surface area (Å²) < 4.78 is 14.1. The molecule has 1 saturated heterocycles. The van der Waals surface area contributed by atoms with E-state index in [1.54, 1.807) is 6.07 Å². The molecule has 0 bridgehead atoms. The molecule has 0 aromatic heterocycles. The van der Waals surface area contributed by atoms with E-state index in [4.69, 9.17) is 0 Å². The summed E-state index contributed by atoms with van der Waals surface area (Å²) in [6.45, 7) is 6.20. The van der Waals surface area contributed by atoms with Gasteiger partial charge in [-0.1, -0.05) is 26.0 Å². The van der Waals surface area contributed by atoms with Gasteiger partial charge in [0.2, 0.25) is 0 Å². The second-order valence-electron chi connectivity index (χ2n) is 5.83. The van der Waals surface area contributed by atoms with Crippen molar-refractivity contribution in [3.8, 4) is 0 Å². The van der Waals surface area contributed by atoms with E-state index in [2.05, 4.69) is 18.7 Å². The number of hydrogen-bond donors (Lipinski definition) is 1. The monoisotopic (exact) mass is 265 g/mol. The molecular formula is C16H24FNO. The maximum absolute atomic E-state index is 14.1. The Labute approximate surface area is 115 Å². The smallest absolute Gasteiger partial charge is 0.146 e. The second-order valence-corrected chi connectivity index (χ2v) is 5.83. The zero-order valence-corrected chi connectivity index (χ0v) is 11.9. The summed E-state index contributed by atoms with van der Waals surface area (Å²) in [4.78, 5) is 2.11. The Kier molecular flexibility index (Phi) is 4.81. The van der Waals surface area contributed by atoms with Crippen molar-refractivity contribution < 1.29 is 9.50 Å². The molecule has 1 unspecified atom stereocenters. The average Bonchev–Trinajstić information content (AvgIpc) is 2.64. The van der Waals surface area contributed by atoms with Crippen molar-refractivity contribution >= 4 is 5.69 Å². The van der Waals surface area contributed by atoms with Crippen LogP contribution in [0, 0.1) is 17.7 Å². The first-order valence-electron chi connectivity index (χ1n) is 7.26. The molecular weight excluding hydrogens is 241 g/mol. The average molecular weight is 265 g/mol. The molecule has 1 N–H and O–H groups in total. The number of para-hydroxylation sites is 1. The predicted octanol–water partition coefficient (Wildman–Crippen LogP) is 3.58. The predicted molar refractivity (Wildman–Crippen MR) is 76.7 cm³/mol. The molecule has 0 saturated carbocycles. The van der Waals surface area contributed by atoms with Crippen molar-refractivity contribution in [3.05, 3.63) is 29.6 Å². The molecule has 1 atom stereocenters. The number of aliphatic hydroxyl groups is 1. The summed E-state index contributed by atoms with van der Waals surface area (Å²) in [5, 5.41) is 9.39. The van der Waals surface area contributed by atoms with Gasteiger partial charge < -0.3 is 10.0 Å². The lowest BCUT2D eigenvalue weighted by Crippen LogP contribution is -2.26. The van der Waals surface area contributed by atoms with Gasteiger partial charge in [-0.05, 0) is 37.2 Å². The lowest BCUT2D eigenvalue weighted by Gasteiger charge is -2.26. The molecule has 0 spiro atoms. The normalized spacial score (nSPS) is 20.7. The first-order valence-corrected chi connectivity index (χ1v) is 7.26. The highest BCUT2D eigenvalue weighted by molar-refractivity contribution is 5.54. The highest BCUT2D eigenvalue weighted by atomic mass is 19.1. The van der Waals surface area contributed by atoms with Crippen molar-refractivity contribution in [2.75, 3.05) is 18.0 Å². The van der Waals surface area contributed by atoms with Gasteiger partial charge in [-0.3, -0.25) is 0 Å². The third-order valence-corrected chi connectivity index (χ3v) is 4.27. The third-order valence-electron chi connectivity index (χ3n) is 4.27. The van der Waals surface area contributed by atoms with Crippen LogP contribution in [0.4, 0.5) is 10.1 Å². The molecule has 0 amide bonds. The zero-order chi connectivity index (χ0) is 13.8. The summed E-state index contributed by atoms with van der Waals surface area (Å²) in [6, 6.07) is 4.96. The van der Waals surface area contributed by atoms with E-state index < -0.39 is 0 Å². The van der Waals surface area contributed by atoms with Crippen LogP contribution in [-0.2, 0) is 6.61 Å². The van der Waals surface area contributed by atoms with E-state index in [0.717, 1.165) is 31.8 Å². The van der Waals surface area contributed by atoms with Gasteiger partial charge in [0.25, 0.3) is 0 Å². The van der Waals surface area contributed by atoms with Crippen LogP contribution in [0.1, 0.15) is 38.7 Å². The third kappa shape index (κ3) is 3.27. The van der Waals surface area contributed by atoms with E-state index in [0.29, 0.717) is 17.2 Å². The van der Waals surface area contributed by atoms with E-state index in [1.165, 1.54) is 12.5 Å². The van der Waals surface area contributed by atoms with Gasteiger partial charge in [0, 0.05) is 18.7 Å². The molecule has 1 aliphatic heterocycles. The van der Waals surface area contributed by atoms with E-state index >= 15 is 0 Å². The van der Waals surface area contributed by atoms with Gasteiger partial charge >= 0.3 is 0 Å². The summed E-state index contributed by atoms with van der Waals surface area (Å²) in [5.41, 5.74) is 1.30. The fourth-order valence-corrected chi connectivity index (χ4v) is 3.05. The standard InChI is InChI=1S/C16H24FNO/c1-12(2)13-6-4-9-18(10-8-13)16-14(11-19)5-3-7-15(16)17/h3,5,7,12-13,19H,4,6,8-11H2,1-2H3. The molecule has 3 heteroatoms. The van der Waals surface area contributed by atoms with Crippen LogP contribution in [0.5, 0.6) is 0 Å². The number of halogens is 1. The quantitative estimate of drug-likeness (QED) is 0.903. The van der Waals surface area contributed by atoms with E-state index in [1.807, 2.05) is 6.07 Å². The van der Waals surface area contributed by atoms with Crippen molar-refractivity contribution in [1.82, 2.24) is 0 Å². The van der Waals surface area contributed by atoms with Gasteiger partial charge in [0.1, 0.15) is 5.82 Å². The number of hydrogen-bond acceptors (Lipinski definition) is 2. The Bertz CT molecular complexity index is 419. The molecule has 1 fully saturated rings. The summed E-state index contributed by atoms with van der Waals surface area (Å²) in [5.74, 6) is 1.21. The van der Waals surface area contributed by atoms with Crippen LogP contribution < -0.4 is 4.90 Å². The zero-order valence-electron chi connectivity index (χ0n) is 11.9. The fourth-order valence-electron chi connectivity index (χ4n) is 3.05. The molecule has 1 aromatic carbocycles. The van der Waals surface area contributed by atoms with Crippen LogP contribution in [0.15, 0.2) is 18.2 Å². The van der Waals surface area contributed by atoms with Crippen LogP contribution >= 0.6 is 0 Å². The minimum Gasteiger partial charge on any atom is -0.392 e. The largest absolute Gasteiger partial charge is 0.392 e. The van der Waals surface area contributed by atoms with Gasteiger partial charge in [0.05, 0.1) is 12.3 Å². The molecule has 0 aliphatic carbocycles. The van der Waals surface area contributed by atoms with Crippen molar-refractivity contribution in [3.63, 3.8) is 0 Å². The molecule has 106 valence electrons. The minimum absolute atomic E-state index is 0.1000. The number of rotatable bonds is 3. The molecule has 1 aliphatic rings. The summed E-state index contributed by atoms with van der Waals surface area (Å²) in [7, 11) is 0. The lowest BCUT2D eigenvalue weighted by molar-refractivity contribution is 0.281. The van der Waals surface area contributed by atoms with Crippen LogP contribution in [0.25, 0.3) is 0 Å². The van der Waals surface area contributed by atoms with E-state index in [9.17, 15) is 9.50 Å². The van der Waals surface area contributed by atoms with Crippen LogP contribution in [0.3, 0.4) is 0 Å². The molecule has 2 rings (SSSR count). The Morgan fingerprint density at radius 1 is 1.32 bits per heavy atom. The highest BCUT2D eigenvalue weighted by Gasteiger charge is 2.22. The van der Waals surface area contributed by atoms with Crippen molar-refractivity contribution in [2.24, 2.45) is 11.8 Å². The van der Waals surface area contributed by atoms with Crippen molar-refractivity contribution in [2.45, 2.75) is 39.7 Å². The van der Waals surface area contributed by atoms with Crippen molar-refractivity contribution in [1.29, 1.82) is 0 Å².